The van der Waals surface area contributed by atoms with Crippen molar-refractivity contribution in [3.05, 3.63) is 72.2 Å². The maximum absolute atomic E-state index is 13.6. The zero-order chi connectivity index (χ0) is 13.1. The average Bonchev–Trinajstić information content (AvgIpc) is 2.47. The predicted molar refractivity (Wildman–Crippen MR) is 75.5 cm³/mol. The summed E-state index contributed by atoms with van der Waals surface area (Å²) in [6, 6.07) is 17.0. The lowest BCUT2D eigenvalue weighted by atomic mass is 10.1. The third kappa shape index (κ3) is 2.40. The van der Waals surface area contributed by atoms with Crippen LogP contribution >= 0.6 is 0 Å². The third-order valence-electron chi connectivity index (χ3n) is 3.05. The van der Waals surface area contributed by atoms with Crippen molar-refractivity contribution in [3.63, 3.8) is 0 Å². The Hall–Kier alpha value is -2.42. The summed E-state index contributed by atoms with van der Waals surface area (Å²) in [6.07, 6.45) is 1.62. The second-order valence-electron chi connectivity index (χ2n) is 4.33. The van der Waals surface area contributed by atoms with Crippen LogP contribution in [0.5, 0.6) is 0 Å². The van der Waals surface area contributed by atoms with Gasteiger partial charge in [-0.3, -0.25) is 4.98 Å². The van der Waals surface area contributed by atoms with Crippen molar-refractivity contribution < 1.29 is 4.39 Å². The molecular weight excluding hydrogens is 239 g/mol. The molecular formula is C16H13FN2. The van der Waals surface area contributed by atoms with E-state index in [1.165, 1.54) is 11.6 Å². The monoisotopic (exact) mass is 252 g/mol. The summed E-state index contributed by atoms with van der Waals surface area (Å²) in [4.78, 5) is 4.08. The lowest BCUT2D eigenvalue weighted by molar-refractivity contribution is 0.637. The van der Waals surface area contributed by atoms with Gasteiger partial charge < -0.3 is 5.32 Å². The van der Waals surface area contributed by atoms with Crippen molar-refractivity contribution in [2.45, 2.75) is 6.54 Å². The molecule has 0 saturated carbocycles. The van der Waals surface area contributed by atoms with Crippen molar-refractivity contribution >= 4 is 16.6 Å². The Morgan fingerprint density at radius 3 is 2.63 bits per heavy atom. The highest BCUT2D eigenvalue weighted by Crippen LogP contribution is 2.23. The molecule has 0 aliphatic rings. The molecule has 0 amide bonds. The van der Waals surface area contributed by atoms with Crippen LogP contribution in [0, 0.1) is 5.82 Å². The maximum Gasteiger partial charge on any atom is 0.149 e. The van der Waals surface area contributed by atoms with Gasteiger partial charge in [0.25, 0.3) is 0 Å². The zero-order valence-electron chi connectivity index (χ0n) is 10.3. The van der Waals surface area contributed by atoms with Crippen LogP contribution in [0.4, 0.5) is 10.1 Å². The molecule has 0 spiro atoms. The van der Waals surface area contributed by atoms with E-state index in [9.17, 15) is 4.39 Å². The van der Waals surface area contributed by atoms with Crippen LogP contribution in [-0.4, -0.2) is 4.98 Å². The molecule has 1 N–H and O–H groups in total. The minimum Gasteiger partial charge on any atom is -0.380 e. The lowest BCUT2D eigenvalue weighted by Crippen LogP contribution is -2.00. The van der Waals surface area contributed by atoms with Crippen molar-refractivity contribution in [1.82, 2.24) is 4.98 Å². The third-order valence-corrected chi connectivity index (χ3v) is 3.05. The number of aromatic nitrogens is 1. The molecule has 3 heteroatoms. The molecule has 19 heavy (non-hydrogen) atoms. The number of para-hydroxylation sites is 1. The Balaban J connectivity index is 1.91. The highest BCUT2D eigenvalue weighted by molar-refractivity contribution is 5.91. The SMILES string of the molecule is Fc1cccc2c(NCc3ccccc3)ccnc12. The fourth-order valence-corrected chi connectivity index (χ4v) is 2.09. The van der Waals surface area contributed by atoms with E-state index >= 15 is 0 Å². The number of fused-ring (bicyclic) bond motifs is 1. The number of halogens is 1. The van der Waals surface area contributed by atoms with Crippen LogP contribution in [0.1, 0.15) is 5.56 Å². The normalized spacial score (nSPS) is 10.6. The number of hydrogen-bond acceptors (Lipinski definition) is 2. The van der Waals surface area contributed by atoms with E-state index in [1.54, 1.807) is 12.3 Å². The summed E-state index contributed by atoms with van der Waals surface area (Å²) >= 11 is 0. The fourth-order valence-electron chi connectivity index (χ4n) is 2.09. The van der Waals surface area contributed by atoms with E-state index in [0.717, 1.165) is 11.1 Å². The van der Waals surface area contributed by atoms with Gasteiger partial charge in [-0.25, -0.2) is 4.39 Å². The predicted octanol–water partition coefficient (Wildman–Crippen LogP) is 3.99. The van der Waals surface area contributed by atoms with Crippen LogP contribution in [0.2, 0.25) is 0 Å². The first-order valence-electron chi connectivity index (χ1n) is 6.15. The van der Waals surface area contributed by atoms with Gasteiger partial charge in [-0.1, -0.05) is 42.5 Å². The van der Waals surface area contributed by atoms with E-state index in [4.69, 9.17) is 0 Å². The minimum atomic E-state index is -0.291. The Morgan fingerprint density at radius 2 is 1.79 bits per heavy atom. The average molecular weight is 252 g/mol. The van der Waals surface area contributed by atoms with Crippen LogP contribution in [0.25, 0.3) is 10.9 Å². The maximum atomic E-state index is 13.6. The Kier molecular flexibility index (Phi) is 3.11. The number of hydrogen-bond donors (Lipinski definition) is 1. The fraction of sp³-hybridized carbons (Fsp3) is 0.0625. The molecule has 0 bridgehead atoms. The van der Waals surface area contributed by atoms with Gasteiger partial charge in [-0.15, -0.1) is 0 Å². The molecule has 2 nitrogen and oxygen atoms in total. The standard InChI is InChI=1S/C16H13FN2/c17-14-8-4-7-13-15(9-10-18-16(13)14)19-11-12-5-2-1-3-6-12/h1-10H,11H2,(H,18,19). The first-order valence-corrected chi connectivity index (χ1v) is 6.15. The first kappa shape index (κ1) is 11.7. The molecule has 0 fully saturated rings. The Labute approximate surface area is 110 Å². The number of benzene rings is 2. The van der Waals surface area contributed by atoms with Crippen molar-refractivity contribution in [2.24, 2.45) is 0 Å². The van der Waals surface area contributed by atoms with Crippen LogP contribution < -0.4 is 5.32 Å². The van der Waals surface area contributed by atoms with Crippen molar-refractivity contribution in [2.75, 3.05) is 5.32 Å². The van der Waals surface area contributed by atoms with E-state index in [0.29, 0.717) is 12.1 Å². The van der Waals surface area contributed by atoms with Crippen LogP contribution in [0.15, 0.2) is 60.8 Å². The van der Waals surface area contributed by atoms with Gasteiger partial charge in [0, 0.05) is 23.8 Å². The molecule has 0 aliphatic heterocycles. The van der Waals surface area contributed by atoms with E-state index < -0.39 is 0 Å². The molecule has 0 saturated heterocycles. The summed E-state index contributed by atoms with van der Waals surface area (Å²) in [5.74, 6) is -0.291. The summed E-state index contributed by atoms with van der Waals surface area (Å²) in [5, 5.41) is 4.13. The molecule has 94 valence electrons. The zero-order valence-corrected chi connectivity index (χ0v) is 10.3. The van der Waals surface area contributed by atoms with Crippen LogP contribution in [0.3, 0.4) is 0 Å². The van der Waals surface area contributed by atoms with Crippen LogP contribution in [-0.2, 0) is 6.54 Å². The summed E-state index contributed by atoms with van der Waals surface area (Å²) < 4.78 is 13.6. The molecule has 0 atom stereocenters. The Bertz CT molecular complexity index is 695. The highest BCUT2D eigenvalue weighted by atomic mass is 19.1. The van der Waals surface area contributed by atoms with Gasteiger partial charge in [-0.05, 0) is 17.7 Å². The number of nitrogens with one attached hydrogen (secondary N) is 1. The van der Waals surface area contributed by atoms with Gasteiger partial charge in [0.2, 0.25) is 0 Å². The highest BCUT2D eigenvalue weighted by Gasteiger charge is 2.05. The van der Waals surface area contributed by atoms with Gasteiger partial charge in [-0.2, -0.15) is 0 Å². The summed E-state index contributed by atoms with van der Waals surface area (Å²) in [6.45, 7) is 0.705. The van der Waals surface area contributed by atoms with Gasteiger partial charge in [0.05, 0.1) is 0 Å². The second-order valence-corrected chi connectivity index (χ2v) is 4.33. The summed E-state index contributed by atoms with van der Waals surface area (Å²) in [5.41, 5.74) is 2.48. The lowest BCUT2D eigenvalue weighted by Gasteiger charge is -2.09. The number of nitrogens with zero attached hydrogens (tertiary/aromatic N) is 1. The van der Waals surface area contributed by atoms with Gasteiger partial charge in [0.1, 0.15) is 11.3 Å². The van der Waals surface area contributed by atoms with E-state index in [1.807, 2.05) is 30.3 Å². The second kappa shape index (κ2) is 5.06. The van der Waals surface area contributed by atoms with Crippen molar-refractivity contribution in [1.29, 1.82) is 0 Å². The molecule has 0 unspecified atom stereocenters. The number of anilines is 1. The molecule has 3 rings (SSSR count). The van der Waals surface area contributed by atoms with E-state index in [-0.39, 0.29) is 5.82 Å². The minimum absolute atomic E-state index is 0.291. The number of rotatable bonds is 3. The largest absolute Gasteiger partial charge is 0.380 e. The van der Waals surface area contributed by atoms with Gasteiger partial charge in [0.15, 0.2) is 0 Å². The molecule has 0 aliphatic carbocycles. The quantitative estimate of drug-likeness (QED) is 0.762. The molecule has 1 heterocycles. The Morgan fingerprint density at radius 1 is 0.947 bits per heavy atom. The van der Waals surface area contributed by atoms with Gasteiger partial charge >= 0.3 is 0 Å². The molecule has 3 aromatic rings. The molecule has 2 aromatic carbocycles. The molecule has 1 aromatic heterocycles. The molecule has 0 radical (unpaired) electrons. The topological polar surface area (TPSA) is 24.9 Å². The van der Waals surface area contributed by atoms with Crippen molar-refractivity contribution in [3.8, 4) is 0 Å². The smallest absolute Gasteiger partial charge is 0.149 e. The summed E-state index contributed by atoms with van der Waals surface area (Å²) in [7, 11) is 0. The first-order chi connectivity index (χ1) is 9.34. The van der Waals surface area contributed by atoms with E-state index in [2.05, 4.69) is 22.4 Å². The number of pyridine rings is 1.